The van der Waals surface area contributed by atoms with E-state index in [-0.39, 0.29) is 19.6 Å². The maximum atomic E-state index is 11.8. The van der Waals surface area contributed by atoms with E-state index >= 15 is 0 Å². The van der Waals surface area contributed by atoms with Crippen LogP contribution < -0.4 is 0 Å². The fraction of sp³-hybridized carbons (Fsp3) is 0.476. The van der Waals surface area contributed by atoms with E-state index in [0.717, 1.165) is 48.2 Å². The van der Waals surface area contributed by atoms with Crippen molar-refractivity contribution in [1.29, 1.82) is 0 Å². The molecule has 1 unspecified atom stereocenters. The number of methoxy groups -OCH3 is 1. The van der Waals surface area contributed by atoms with Crippen LogP contribution in [0.25, 0.3) is 22.3 Å². The number of rotatable bonds is 3. The van der Waals surface area contributed by atoms with Gasteiger partial charge in [-0.15, -0.1) is 0 Å². The molecule has 0 spiro atoms. The van der Waals surface area contributed by atoms with Gasteiger partial charge in [0.15, 0.2) is 0 Å². The number of pyridine rings is 1. The highest BCUT2D eigenvalue weighted by Gasteiger charge is 2.18. The summed E-state index contributed by atoms with van der Waals surface area (Å²) in [6, 6.07) is 5.68. The third-order valence-corrected chi connectivity index (χ3v) is 4.62. The van der Waals surface area contributed by atoms with Crippen molar-refractivity contribution >= 4 is 17.0 Å². The fourth-order valence-corrected chi connectivity index (χ4v) is 3.22. The first-order valence-corrected chi connectivity index (χ1v) is 9.38. The number of aromatic nitrogens is 4. The summed E-state index contributed by atoms with van der Waals surface area (Å²) in [5, 5.41) is 5.33. The Kier molecular flexibility index (Phi) is 7.34. The minimum atomic E-state index is -0.371. The van der Waals surface area contributed by atoms with E-state index < -0.39 is 0 Å². The van der Waals surface area contributed by atoms with Gasteiger partial charge >= 0.3 is 5.97 Å². The Morgan fingerprint density at radius 2 is 2.07 bits per heavy atom. The predicted molar refractivity (Wildman–Crippen MR) is 110 cm³/mol. The highest BCUT2D eigenvalue weighted by atomic mass is 16.5. The van der Waals surface area contributed by atoms with Crippen molar-refractivity contribution < 1.29 is 14.3 Å². The van der Waals surface area contributed by atoms with E-state index in [1.807, 2.05) is 43.9 Å². The SMILES string of the molecule is C.CC.COC(=O)c1cc2ccc(-c3cnn(C4CCCCO4)c3)nc2n1C. The van der Waals surface area contributed by atoms with Gasteiger partial charge in [-0.1, -0.05) is 21.3 Å². The zero-order valence-corrected chi connectivity index (χ0v) is 16.3. The molecule has 3 aromatic rings. The molecule has 0 N–H and O–H groups in total. The van der Waals surface area contributed by atoms with Gasteiger partial charge in [-0.05, 0) is 37.5 Å². The van der Waals surface area contributed by atoms with Gasteiger partial charge in [-0.25, -0.2) is 14.5 Å². The van der Waals surface area contributed by atoms with Crippen molar-refractivity contribution in [3.63, 3.8) is 0 Å². The summed E-state index contributed by atoms with van der Waals surface area (Å²) >= 11 is 0. The summed E-state index contributed by atoms with van der Waals surface area (Å²) in [6.07, 6.45) is 7.02. The lowest BCUT2D eigenvalue weighted by molar-refractivity contribution is -0.0394. The molecule has 28 heavy (non-hydrogen) atoms. The molecular formula is C21H30N4O3. The molecule has 0 bridgehead atoms. The smallest absolute Gasteiger partial charge is 0.354 e. The molecule has 0 aliphatic carbocycles. The van der Waals surface area contributed by atoms with E-state index in [2.05, 4.69) is 5.10 Å². The topological polar surface area (TPSA) is 71.2 Å². The molecule has 1 aliphatic rings. The van der Waals surface area contributed by atoms with Crippen LogP contribution in [-0.2, 0) is 16.5 Å². The molecule has 0 saturated carbocycles. The zero-order chi connectivity index (χ0) is 19.4. The Bertz CT molecular complexity index is 923. The Morgan fingerprint density at radius 1 is 1.29 bits per heavy atom. The minimum absolute atomic E-state index is 0. The summed E-state index contributed by atoms with van der Waals surface area (Å²) in [5.74, 6) is -0.371. The third kappa shape index (κ3) is 4.09. The lowest BCUT2D eigenvalue weighted by Crippen LogP contribution is -2.18. The lowest BCUT2D eigenvalue weighted by Gasteiger charge is -2.22. The maximum absolute atomic E-state index is 11.8. The summed E-state index contributed by atoms with van der Waals surface area (Å²) in [4.78, 5) is 16.5. The molecule has 1 fully saturated rings. The van der Waals surface area contributed by atoms with Crippen LogP contribution in [0.15, 0.2) is 30.6 Å². The second-order valence-electron chi connectivity index (χ2n) is 6.22. The standard InChI is InChI=1S/C18H20N4O3.C2H6.CH4/c1-21-15(18(23)24-2)9-12-6-7-14(20-17(12)21)13-10-19-22(11-13)16-5-3-4-8-25-16;1-2;/h6-7,9-11,16H,3-5,8H2,1-2H3;1-2H3;1H4. The van der Waals surface area contributed by atoms with Gasteiger partial charge in [0, 0.05) is 30.8 Å². The Morgan fingerprint density at radius 3 is 2.75 bits per heavy atom. The monoisotopic (exact) mass is 386 g/mol. The van der Waals surface area contributed by atoms with Crippen LogP contribution in [-0.4, -0.2) is 39.0 Å². The van der Waals surface area contributed by atoms with Gasteiger partial charge in [0.25, 0.3) is 0 Å². The largest absolute Gasteiger partial charge is 0.464 e. The third-order valence-electron chi connectivity index (χ3n) is 4.62. The highest BCUT2D eigenvalue weighted by molar-refractivity contribution is 5.94. The van der Waals surface area contributed by atoms with E-state index in [1.165, 1.54) is 7.11 Å². The number of hydrogen-bond donors (Lipinski definition) is 0. The van der Waals surface area contributed by atoms with E-state index in [1.54, 1.807) is 16.8 Å². The molecule has 0 aromatic carbocycles. The molecule has 0 radical (unpaired) electrons. The minimum Gasteiger partial charge on any atom is -0.464 e. The molecule has 1 saturated heterocycles. The van der Waals surface area contributed by atoms with Crippen molar-refractivity contribution in [3.8, 4) is 11.3 Å². The van der Waals surface area contributed by atoms with Crippen molar-refractivity contribution in [2.45, 2.75) is 46.8 Å². The number of hydrogen-bond acceptors (Lipinski definition) is 5. The van der Waals surface area contributed by atoms with Crippen molar-refractivity contribution in [2.24, 2.45) is 7.05 Å². The van der Waals surface area contributed by atoms with Gasteiger partial charge in [-0.2, -0.15) is 5.10 Å². The van der Waals surface area contributed by atoms with E-state index in [0.29, 0.717) is 5.69 Å². The van der Waals surface area contributed by atoms with Gasteiger partial charge in [0.2, 0.25) is 0 Å². The molecule has 0 amide bonds. The second-order valence-corrected chi connectivity index (χ2v) is 6.22. The average molecular weight is 386 g/mol. The number of esters is 1. The molecule has 1 atom stereocenters. The highest BCUT2D eigenvalue weighted by Crippen LogP contribution is 2.26. The van der Waals surface area contributed by atoms with Gasteiger partial charge in [-0.3, -0.25) is 0 Å². The number of fused-ring (bicyclic) bond motifs is 1. The van der Waals surface area contributed by atoms with Crippen LogP contribution in [0.1, 0.15) is 57.3 Å². The van der Waals surface area contributed by atoms with Crippen LogP contribution in [0.2, 0.25) is 0 Å². The summed E-state index contributed by atoms with van der Waals surface area (Å²) in [6.45, 7) is 4.78. The first-order valence-electron chi connectivity index (χ1n) is 9.38. The van der Waals surface area contributed by atoms with Gasteiger partial charge in [0.1, 0.15) is 17.6 Å². The quantitative estimate of drug-likeness (QED) is 0.616. The molecule has 4 rings (SSSR count). The van der Waals surface area contributed by atoms with Crippen molar-refractivity contribution in [1.82, 2.24) is 19.3 Å². The average Bonchev–Trinajstić information content (AvgIpc) is 3.35. The van der Waals surface area contributed by atoms with Crippen LogP contribution >= 0.6 is 0 Å². The zero-order valence-electron chi connectivity index (χ0n) is 16.3. The first-order chi connectivity index (χ1) is 13.2. The fourth-order valence-electron chi connectivity index (χ4n) is 3.22. The maximum Gasteiger partial charge on any atom is 0.354 e. The molecule has 7 nitrogen and oxygen atoms in total. The number of nitrogens with zero attached hydrogens (tertiary/aromatic N) is 4. The second kappa shape index (κ2) is 9.50. The summed E-state index contributed by atoms with van der Waals surface area (Å²) in [7, 11) is 3.19. The van der Waals surface area contributed by atoms with Gasteiger partial charge < -0.3 is 14.0 Å². The van der Waals surface area contributed by atoms with Crippen LogP contribution in [0.4, 0.5) is 0 Å². The molecule has 4 heterocycles. The first kappa shape index (κ1) is 21.6. The predicted octanol–water partition coefficient (Wildman–Crippen LogP) is 4.58. The van der Waals surface area contributed by atoms with Crippen molar-refractivity contribution in [3.05, 3.63) is 36.3 Å². The van der Waals surface area contributed by atoms with Gasteiger partial charge in [0.05, 0.1) is 19.0 Å². The summed E-state index contributed by atoms with van der Waals surface area (Å²) < 4.78 is 14.2. The lowest BCUT2D eigenvalue weighted by atomic mass is 10.2. The van der Waals surface area contributed by atoms with Crippen LogP contribution in [0, 0.1) is 0 Å². The number of aryl methyl sites for hydroxylation is 1. The molecule has 7 heteroatoms. The molecule has 152 valence electrons. The van der Waals surface area contributed by atoms with Crippen molar-refractivity contribution in [2.75, 3.05) is 13.7 Å². The molecular weight excluding hydrogens is 356 g/mol. The summed E-state index contributed by atoms with van der Waals surface area (Å²) in [5.41, 5.74) is 2.96. The van der Waals surface area contributed by atoms with Crippen LogP contribution in [0.5, 0.6) is 0 Å². The Hall–Kier alpha value is -2.67. The number of ether oxygens (including phenoxy) is 2. The number of carbonyl (C=O) groups excluding carboxylic acids is 1. The normalized spacial score (nSPS) is 16.1. The molecule has 1 aliphatic heterocycles. The molecule has 3 aromatic heterocycles. The Balaban J connectivity index is 0.000000906. The van der Waals surface area contributed by atoms with E-state index in [9.17, 15) is 4.79 Å². The van der Waals surface area contributed by atoms with Crippen LogP contribution in [0.3, 0.4) is 0 Å². The Labute approximate surface area is 166 Å². The number of carbonyl (C=O) groups is 1. The van der Waals surface area contributed by atoms with E-state index in [4.69, 9.17) is 14.5 Å².